The van der Waals surface area contributed by atoms with E-state index in [1.807, 2.05) is 30.3 Å². The van der Waals surface area contributed by atoms with Gasteiger partial charge >= 0.3 is 0 Å². The molecule has 0 aliphatic carbocycles. The zero-order chi connectivity index (χ0) is 18.1. The lowest BCUT2D eigenvalue weighted by molar-refractivity contribution is 0.311. The molecule has 1 N–H and O–H groups in total. The summed E-state index contributed by atoms with van der Waals surface area (Å²) in [6, 6.07) is 11.9. The minimum atomic E-state index is 0.710. The molecule has 134 valence electrons. The van der Waals surface area contributed by atoms with Gasteiger partial charge in [0.25, 0.3) is 0 Å². The van der Waals surface area contributed by atoms with Gasteiger partial charge in [-0.2, -0.15) is 0 Å². The fourth-order valence-electron chi connectivity index (χ4n) is 3.18. The highest BCUT2D eigenvalue weighted by molar-refractivity contribution is 5.82. The molecule has 3 aromatic rings. The Kier molecular flexibility index (Phi) is 4.16. The second kappa shape index (κ2) is 6.63. The second-order valence-electron chi connectivity index (χ2n) is 6.18. The van der Waals surface area contributed by atoms with Crippen LogP contribution in [0.15, 0.2) is 42.7 Å². The number of likely N-dealkylation sites (N-methyl/N-ethyl adjacent to an activating group) is 1. The third-order valence-electron chi connectivity index (χ3n) is 4.61. The highest BCUT2D eigenvalue weighted by atomic mass is 16.5. The van der Waals surface area contributed by atoms with Crippen LogP contribution in [0.2, 0.25) is 0 Å². The molecule has 0 atom stereocenters. The number of ether oxygens (including phenoxy) is 3. The Labute approximate surface area is 152 Å². The summed E-state index contributed by atoms with van der Waals surface area (Å²) in [5, 5.41) is 0. The molecule has 0 amide bonds. The normalized spacial score (nSPS) is 13.1. The van der Waals surface area contributed by atoms with Crippen LogP contribution in [-0.4, -0.2) is 44.4 Å². The van der Waals surface area contributed by atoms with Crippen molar-refractivity contribution >= 4 is 5.69 Å². The van der Waals surface area contributed by atoms with Crippen LogP contribution in [0.1, 0.15) is 0 Å². The highest BCUT2D eigenvalue weighted by Crippen LogP contribution is 2.38. The molecule has 0 bridgehead atoms. The van der Waals surface area contributed by atoms with Gasteiger partial charge in [0, 0.05) is 24.2 Å². The van der Waals surface area contributed by atoms with Crippen LogP contribution >= 0.6 is 0 Å². The Morgan fingerprint density at radius 2 is 1.81 bits per heavy atom. The molecule has 2 aromatic carbocycles. The smallest absolute Gasteiger partial charge is 0.142 e. The predicted molar refractivity (Wildman–Crippen MR) is 101 cm³/mol. The number of imidazole rings is 1. The lowest BCUT2D eigenvalue weighted by Crippen LogP contribution is -2.28. The number of H-pyrrole nitrogens is 1. The molecule has 0 saturated heterocycles. The van der Waals surface area contributed by atoms with Gasteiger partial charge in [-0.15, -0.1) is 0 Å². The van der Waals surface area contributed by atoms with Crippen molar-refractivity contribution in [3.63, 3.8) is 0 Å². The van der Waals surface area contributed by atoms with Gasteiger partial charge in [0.1, 0.15) is 23.9 Å². The first-order chi connectivity index (χ1) is 12.7. The van der Waals surface area contributed by atoms with Gasteiger partial charge in [0.15, 0.2) is 0 Å². The molecule has 0 fully saturated rings. The molecule has 6 heteroatoms. The van der Waals surface area contributed by atoms with Gasteiger partial charge in [-0.25, -0.2) is 4.98 Å². The van der Waals surface area contributed by atoms with Crippen molar-refractivity contribution in [3.8, 4) is 39.8 Å². The first-order valence-corrected chi connectivity index (χ1v) is 8.45. The van der Waals surface area contributed by atoms with E-state index in [4.69, 9.17) is 14.2 Å². The Bertz CT molecular complexity index is 914. The molecule has 2 heterocycles. The lowest BCUT2D eigenvalue weighted by atomic mass is 10.0. The van der Waals surface area contributed by atoms with Crippen LogP contribution in [0.5, 0.6) is 17.2 Å². The second-order valence-corrected chi connectivity index (χ2v) is 6.18. The molecule has 6 nitrogen and oxygen atoms in total. The van der Waals surface area contributed by atoms with E-state index in [1.165, 1.54) is 0 Å². The Morgan fingerprint density at radius 1 is 1.04 bits per heavy atom. The van der Waals surface area contributed by atoms with E-state index >= 15 is 0 Å². The molecular formula is C20H21N3O3. The molecule has 0 saturated carbocycles. The highest BCUT2D eigenvalue weighted by Gasteiger charge is 2.18. The third-order valence-corrected chi connectivity index (χ3v) is 4.61. The van der Waals surface area contributed by atoms with Crippen molar-refractivity contribution < 1.29 is 14.2 Å². The molecule has 0 radical (unpaired) electrons. The van der Waals surface area contributed by atoms with E-state index in [9.17, 15) is 0 Å². The molecule has 26 heavy (non-hydrogen) atoms. The number of hydrogen-bond donors (Lipinski definition) is 1. The third kappa shape index (κ3) is 2.83. The van der Waals surface area contributed by atoms with Crippen LogP contribution < -0.4 is 19.1 Å². The van der Waals surface area contributed by atoms with E-state index in [0.29, 0.717) is 6.61 Å². The minimum absolute atomic E-state index is 0.710. The average Bonchev–Trinajstić information content (AvgIpc) is 3.17. The summed E-state index contributed by atoms with van der Waals surface area (Å²) >= 11 is 0. The zero-order valence-corrected chi connectivity index (χ0v) is 15.1. The molecule has 1 aliphatic heterocycles. The SMILES string of the molecule is COc1cc(OC)cc(-c2nc[nH]c2-c2ccc3c(c2)N(C)CCO3)c1. The Morgan fingerprint density at radius 3 is 2.54 bits per heavy atom. The quantitative estimate of drug-likeness (QED) is 0.778. The number of nitrogens with one attached hydrogen (secondary N) is 1. The first-order valence-electron chi connectivity index (χ1n) is 8.45. The molecule has 0 spiro atoms. The van der Waals surface area contributed by atoms with E-state index in [2.05, 4.69) is 28.0 Å². The van der Waals surface area contributed by atoms with Crippen LogP contribution in [-0.2, 0) is 0 Å². The number of nitrogens with zero attached hydrogens (tertiary/aromatic N) is 2. The monoisotopic (exact) mass is 351 g/mol. The van der Waals surface area contributed by atoms with Crippen molar-refractivity contribution in [3.05, 3.63) is 42.7 Å². The van der Waals surface area contributed by atoms with Crippen molar-refractivity contribution in [2.45, 2.75) is 0 Å². The number of aromatic amines is 1. The van der Waals surface area contributed by atoms with Crippen molar-refractivity contribution in [2.24, 2.45) is 0 Å². The summed E-state index contributed by atoms with van der Waals surface area (Å²) in [5.41, 5.74) is 4.86. The maximum atomic E-state index is 5.74. The first kappa shape index (κ1) is 16.3. The van der Waals surface area contributed by atoms with E-state index in [1.54, 1.807) is 20.5 Å². The summed E-state index contributed by atoms with van der Waals surface area (Å²) in [4.78, 5) is 10.00. The van der Waals surface area contributed by atoms with E-state index in [0.717, 1.165) is 52.0 Å². The molecular weight excluding hydrogens is 330 g/mol. The molecule has 1 aromatic heterocycles. The topological polar surface area (TPSA) is 59.6 Å². The Balaban J connectivity index is 1.80. The number of hydrogen-bond acceptors (Lipinski definition) is 5. The number of fused-ring (bicyclic) bond motifs is 1. The number of aromatic nitrogens is 2. The van der Waals surface area contributed by atoms with Crippen LogP contribution in [0.4, 0.5) is 5.69 Å². The standard InChI is InChI=1S/C20H21N3O3/c1-23-6-7-26-18-5-4-13(10-17(18)23)19-20(22-12-21-19)14-8-15(24-2)11-16(9-14)25-3/h4-5,8-12H,6-7H2,1-3H3,(H,21,22). The van der Waals surface area contributed by atoms with Gasteiger partial charge in [-0.3, -0.25) is 0 Å². The van der Waals surface area contributed by atoms with Gasteiger partial charge in [0.2, 0.25) is 0 Å². The fraction of sp³-hybridized carbons (Fsp3) is 0.250. The van der Waals surface area contributed by atoms with Crippen LogP contribution in [0.25, 0.3) is 22.5 Å². The molecule has 0 unspecified atom stereocenters. The van der Waals surface area contributed by atoms with Gasteiger partial charge < -0.3 is 24.1 Å². The van der Waals surface area contributed by atoms with Crippen molar-refractivity contribution in [1.29, 1.82) is 0 Å². The van der Waals surface area contributed by atoms with Crippen molar-refractivity contribution in [1.82, 2.24) is 9.97 Å². The summed E-state index contributed by atoms with van der Waals surface area (Å²) in [6.45, 7) is 1.58. The maximum absolute atomic E-state index is 5.74. The minimum Gasteiger partial charge on any atom is -0.497 e. The van der Waals surface area contributed by atoms with Crippen LogP contribution in [0, 0.1) is 0 Å². The molecule has 1 aliphatic rings. The Hall–Kier alpha value is -3.15. The van der Waals surface area contributed by atoms with E-state index < -0.39 is 0 Å². The largest absolute Gasteiger partial charge is 0.497 e. The van der Waals surface area contributed by atoms with Gasteiger partial charge in [-0.1, -0.05) is 0 Å². The van der Waals surface area contributed by atoms with Crippen LogP contribution in [0.3, 0.4) is 0 Å². The lowest BCUT2D eigenvalue weighted by Gasteiger charge is -2.28. The zero-order valence-electron chi connectivity index (χ0n) is 15.1. The van der Waals surface area contributed by atoms with E-state index in [-0.39, 0.29) is 0 Å². The number of benzene rings is 2. The molecule has 4 rings (SSSR count). The fourth-order valence-corrected chi connectivity index (χ4v) is 3.18. The van der Waals surface area contributed by atoms with Gasteiger partial charge in [0.05, 0.1) is 44.2 Å². The van der Waals surface area contributed by atoms with Crippen molar-refractivity contribution in [2.75, 3.05) is 39.3 Å². The maximum Gasteiger partial charge on any atom is 0.142 e. The number of methoxy groups -OCH3 is 2. The summed E-state index contributed by atoms with van der Waals surface area (Å²) in [7, 11) is 5.36. The summed E-state index contributed by atoms with van der Waals surface area (Å²) in [6.07, 6.45) is 1.70. The summed E-state index contributed by atoms with van der Waals surface area (Å²) in [5.74, 6) is 2.37. The number of rotatable bonds is 4. The van der Waals surface area contributed by atoms with Gasteiger partial charge in [-0.05, 0) is 30.3 Å². The average molecular weight is 351 g/mol. The predicted octanol–water partition coefficient (Wildman–Crippen LogP) is 3.59. The number of anilines is 1. The summed E-state index contributed by atoms with van der Waals surface area (Å²) < 4.78 is 16.5.